The van der Waals surface area contributed by atoms with Gasteiger partial charge in [0.2, 0.25) is 0 Å². The number of hydrazone groups is 1. The normalized spacial score (nSPS) is 17.9. The Bertz CT molecular complexity index is 1050. The molecule has 4 rings (SSSR count). The lowest BCUT2D eigenvalue weighted by Gasteiger charge is -2.34. The third kappa shape index (κ3) is 3.38. The lowest BCUT2D eigenvalue weighted by Crippen LogP contribution is -2.50. The summed E-state index contributed by atoms with van der Waals surface area (Å²) in [6.45, 7) is 2.78. The summed E-state index contributed by atoms with van der Waals surface area (Å²) in [5.74, 6) is 0.603. The summed E-state index contributed by atoms with van der Waals surface area (Å²) in [7, 11) is 0. The van der Waals surface area contributed by atoms with Crippen LogP contribution in [-0.2, 0) is 4.79 Å². The van der Waals surface area contributed by atoms with Crippen molar-refractivity contribution in [1.82, 2.24) is 10.3 Å². The quantitative estimate of drug-likeness (QED) is 0.791. The summed E-state index contributed by atoms with van der Waals surface area (Å²) in [5, 5.41) is 11.3. The van der Waals surface area contributed by atoms with E-state index in [1.807, 2.05) is 54.8 Å². The van der Waals surface area contributed by atoms with Gasteiger partial charge in [0, 0.05) is 10.8 Å². The van der Waals surface area contributed by atoms with E-state index in [4.69, 9.17) is 9.73 Å². The third-order valence-electron chi connectivity index (χ3n) is 4.66. The molecule has 0 saturated heterocycles. The van der Waals surface area contributed by atoms with Crippen LogP contribution in [0.1, 0.15) is 31.5 Å². The largest absolute Gasteiger partial charge is 0.493 e. The first-order chi connectivity index (χ1) is 13.7. The van der Waals surface area contributed by atoms with Crippen LogP contribution in [0.5, 0.6) is 5.75 Å². The van der Waals surface area contributed by atoms with Gasteiger partial charge < -0.3 is 4.74 Å². The standard InChI is InChI=1S/C21H22N4O2S/c1-3-4-13-27-17-12-8-6-10-15(17)19-22-16-11-7-5-9-14(16)18-20(26)23-21(28-2)24-25(18)19/h5-12,19H,3-4,13H2,1-2H3,(H,23,24,26)/t19-/m1/s1. The maximum absolute atomic E-state index is 12.9. The lowest BCUT2D eigenvalue weighted by atomic mass is 10.1. The molecule has 0 spiro atoms. The average molecular weight is 395 g/mol. The Balaban J connectivity index is 1.87. The predicted octanol–water partition coefficient (Wildman–Crippen LogP) is 2.37. The molecule has 2 aromatic carbocycles. The number of nitrogens with one attached hydrogen (secondary N) is 1. The minimum atomic E-state index is -0.462. The Labute approximate surface area is 168 Å². The zero-order valence-corrected chi connectivity index (χ0v) is 16.7. The van der Waals surface area contributed by atoms with E-state index >= 15 is 0 Å². The first-order valence-corrected chi connectivity index (χ1v) is 10.6. The number of carbonyl (C=O) groups excluding carboxylic acids is 1. The summed E-state index contributed by atoms with van der Waals surface area (Å²) in [6.07, 6.45) is 3.47. The van der Waals surface area contributed by atoms with Gasteiger partial charge in [0.1, 0.15) is 11.4 Å². The Kier molecular flexibility index (Phi) is 5.34. The number of benzene rings is 2. The van der Waals surface area contributed by atoms with E-state index in [1.165, 1.54) is 11.8 Å². The first kappa shape index (κ1) is 18.6. The van der Waals surface area contributed by atoms with Crippen LogP contribution in [0, 0.1) is 0 Å². The van der Waals surface area contributed by atoms with Crippen molar-refractivity contribution in [3.63, 3.8) is 0 Å². The first-order valence-electron chi connectivity index (χ1n) is 9.35. The zero-order chi connectivity index (χ0) is 19.5. The summed E-state index contributed by atoms with van der Waals surface area (Å²) in [4.78, 5) is 17.8. The van der Waals surface area contributed by atoms with Crippen molar-refractivity contribution < 1.29 is 9.53 Å². The minimum Gasteiger partial charge on any atom is -0.493 e. The molecule has 0 fully saturated rings. The topological polar surface area (TPSA) is 66.3 Å². The molecule has 0 unspecified atom stereocenters. The predicted molar refractivity (Wildman–Crippen MR) is 111 cm³/mol. The second kappa shape index (κ2) is 8.06. The molecule has 0 bridgehead atoms. The molecule has 2 aliphatic rings. The number of para-hydroxylation sites is 2. The van der Waals surface area contributed by atoms with Gasteiger partial charge in [-0.25, -0.2) is 5.01 Å². The fourth-order valence-corrected chi connectivity index (χ4v) is 3.64. The summed E-state index contributed by atoms with van der Waals surface area (Å²) >= 11 is 1.39. The van der Waals surface area contributed by atoms with Gasteiger partial charge in [-0.15, -0.1) is 5.10 Å². The monoisotopic (exact) mass is 394 g/mol. The third-order valence-corrected chi connectivity index (χ3v) is 5.23. The van der Waals surface area contributed by atoms with Gasteiger partial charge in [-0.2, -0.15) is 0 Å². The molecule has 0 radical (unpaired) electrons. The number of unbranched alkanes of at least 4 members (excludes halogenated alkanes) is 1. The van der Waals surface area contributed by atoms with Crippen LogP contribution in [0.4, 0.5) is 0 Å². The zero-order valence-electron chi connectivity index (χ0n) is 15.9. The number of amides is 1. The number of fused-ring (bicyclic) bond motifs is 2. The van der Waals surface area contributed by atoms with Crippen LogP contribution in [0.3, 0.4) is 0 Å². The summed E-state index contributed by atoms with van der Waals surface area (Å²) < 4.78 is 6.03. The molecule has 1 N–H and O–H groups in total. The van der Waals surface area contributed by atoms with Crippen molar-refractivity contribution in [2.24, 2.45) is 10.1 Å². The lowest BCUT2D eigenvalue weighted by molar-refractivity contribution is -0.116. The highest BCUT2D eigenvalue weighted by Crippen LogP contribution is 2.35. The molecule has 2 aliphatic heterocycles. The van der Waals surface area contributed by atoms with E-state index in [1.54, 1.807) is 5.01 Å². The molecule has 1 amide bonds. The highest BCUT2D eigenvalue weighted by molar-refractivity contribution is 8.13. The fourth-order valence-electron chi connectivity index (χ4n) is 3.27. The molecule has 0 aliphatic carbocycles. The van der Waals surface area contributed by atoms with Gasteiger partial charge in [-0.3, -0.25) is 15.1 Å². The molecule has 144 valence electrons. The van der Waals surface area contributed by atoms with Crippen molar-refractivity contribution in [2.75, 3.05) is 12.9 Å². The van der Waals surface area contributed by atoms with Crippen LogP contribution in [0.25, 0.3) is 5.70 Å². The Morgan fingerprint density at radius 2 is 1.96 bits per heavy atom. The molecule has 2 heterocycles. The molecular formula is C21H22N4O2S. The van der Waals surface area contributed by atoms with Gasteiger partial charge >= 0.3 is 0 Å². The van der Waals surface area contributed by atoms with Crippen LogP contribution in [-0.4, -0.2) is 28.9 Å². The molecule has 0 aromatic heterocycles. The van der Waals surface area contributed by atoms with Gasteiger partial charge in [0.05, 0.1) is 12.0 Å². The molecule has 7 heteroatoms. The fraction of sp³-hybridized carbons (Fsp3) is 0.286. The molecule has 0 saturated carbocycles. The van der Waals surface area contributed by atoms with E-state index in [0.29, 0.717) is 17.5 Å². The van der Waals surface area contributed by atoms with Crippen molar-refractivity contribution in [2.45, 2.75) is 25.9 Å². The van der Waals surface area contributed by atoms with Crippen LogP contribution >= 0.6 is 11.8 Å². The van der Waals surface area contributed by atoms with Crippen LogP contribution in [0.2, 0.25) is 0 Å². The highest BCUT2D eigenvalue weighted by Gasteiger charge is 2.35. The number of ether oxygens (including phenoxy) is 1. The van der Waals surface area contributed by atoms with Crippen molar-refractivity contribution in [1.29, 1.82) is 0 Å². The molecule has 28 heavy (non-hydrogen) atoms. The Morgan fingerprint density at radius 3 is 2.79 bits per heavy atom. The van der Waals surface area contributed by atoms with Crippen LogP contribution in [0.15, 0.2) is 58.6 Å². The number of thioether (sulfide) groups is 1. The Morgan fingerprint density at radius 1 is 1.18 bits per heavy atom. The van der Waals surface area contributed by atoms with Gasteiger partial charge in [0.25, 0.3) is 5.91 Å². The number of rotatable bonds is 5. The van der Waals surface area contributed by atoms with Gasteiger partial charge in [-0.05, 0) is 24.8 Å². The second-order valence-corrected chi connectivity index (χ2v) is 7.31. The van der Waals surface area contributed by atoms with Crippen molar-refractivity contribution in [3.8, 4) is 5.75 Å². The molecule has 1 atom stereocenters. The number of hydrogen-bond donors (Lipinski definition) is 1. The van der Waals surface area contributed by atoms with E-state index in [9.17, 15) is 4.79 Å². The molecule has 6 nitrogen and oxygen atoms in total. The van der Waals surface area contributed by atoms with Gasteiger partial charge in [0.15, 0.2) is 11.3 Å². The number of hydrogen-bond acceptors (Lipinski definition) is 6. The van der Waals surface area contributed by atoms with E-state index < -0.39 is 6.17 Å². The maximum Gasteiger partial charge on any atom is 0.276 e. The summed E-state index contributed by atoms with van der Waals surface area (Å²) in [5.41, 5.74) is 1.40. The smallest absolute Gasteiger partial charge is 0.276 e. The Hall–Kier alpha value is -2.80. The number of nitrogens with zero attached hydrogens (tertiary/aromatic N) is 3. The maximum atomic E-state index is 12.9. The van der Waals surface area contributed by atoms with E-state index in [2.05, 4.69) is 17.3 Å². The minimum absolute atomic E-state index is 0.170. The average Bonchev–Trinajstić information content (AvgIpc) is 2.73. The molecular weight excluding hydrogens is 372 g/mol. The summed E-state index contributed by atoms with van der Waals surface area (Å²) in [6, 6.07) is 15.5. The van der Waals surface area contributed by atoms with Gasteiger partial charge in [-0.1, -0.05) is 61.5 Å². The van der Waals surface area contributed by atoms with E-state index in [-0.39, 0.29) is 5.91 Å². The second-order valence-electron chi connectivity index (χ2n) is 6.52. The SMILES string of the molecule is CCCCOc1ccccc1[C@@H]1N=c2ccccc2=C2C(=O)NC(SC)=NN21. The number of amidine groups is 1. The van der Waals surface area contributed by atoms with E-state index in [0.717, 1.165) is 34.7 Å². The van der Waals surface area contributed by atoms with Crippen LogP contribution < -0.4 is 20.6 Å². The number of carbonyl (C=O) groups is 1. The van der Waals surface area contributed by atoms with Crippen molar-refractivity contribution >= 4 is 28.5 Å². The highest BCUT2D eigenvalue weighted by atomic mass is 32.2. The van der Waals surface area contributed by atoms with Crippen molar-refractivity contribution in [3.05, 3.63) is 64.7 Å². The molecule has 2 aromatic rings.